The van der Waals surface area contributed by atoms with Gasteiger partial charge in [-0.3, -0.25) is 0 Å². The molecule has 106 valence electrons. The number of esters is 1. The molecule has 2 aromatic rings. The normalized spacial score (nSPS) is 12.2. The third-order valence-electron chi connectivity index (χ3n) is 2.88. The number of hydrogen-bond donors (Lipinski definition) is 0. The maximum absolute atomic E-state index is 11.3. The second kappa shape index (κ2) is 5.16. The van der Waals surface area contributed by atoms with Crippen LogP contribution < -0.4 is 0 Å². The van der Waals surface area contributed by atoms with E-state index in [0.717, 1.165) is 0 Å². The molecule has 2 rings (SSSR count). The van der Waals surface area contributed by atoms with Gasteiger partial charge in [-0.05, 0) is 30.9 Å². The van der Waals surface area contributed by atoms with Crippen molar-refractivity contribution in [2.24, 2.45) is 0 Å². The van der Waals surface area contributed by atoms with Gasteiger partial charge in [0.25, 0.3) is 0 Å². The monoisotopic (exact) mass is 279 g/mol. The number of furan rings is 1. The van der Waals surface area contributed by atoms with E-state index < -0.39 is 10.9 Å². The molecular weight excluding hydrogens is 266 g/mol. The quantitative estimate of drug-likeness (QED) is 0.482. The summed E-state index contributed by atoms with van der Waals surface area (Å²) >= 11 is 0. The lowest BCUT2D eigenvalue weighted by atomic mass is 10.2. The Morgan fingerprint density at radius 2 is 2.25 bits per heavy atom. The molecule has 0 saturated heterocycles. The molecule has 0 radical (unpaired) electrons. The number of rotatable bonds is 4. The fourth-order valence-corrected chi connectivity index (χ4v) is 1.77. The Bertz CT molecular complexity index is 658. The third kappa shape index (κ3) is 2.40. The molecule has 1 atom stereocenters. The van der Waals surface area contributed by atoms with Crippen LogP contribution in [0, 0.1) is 17.0 Å². The van der Waals surface area contributed by atoms with Crippen molar-refractivity contribution < 1.29 is 18.9 Å². The van der Waals surface area contributed by atoms with Crippen LogP contribution in [0.3, 0.4) is 0 Å². The van der Waals surface area contributed by atoms with Gasteiger partial charge in [-0.25, -0.2) is 4.79 Å². The van der Waals surface area contributed by atoms with Gasteiger partial charge in [-0.15, -0.1) is 0 Å². The molecule has 0 fully saturated rings. The summed E-state index contributed by atoms with van der Waals surface area (Å²) in [7, 11) is 1.26. The number of hydrogen-bond acceptors (Lipinski definition) is 6. The standard InChI is InChI=1S/C12H13N3O5/c1-7-6-14(13-11(7)15(17)18)8(2)9-4-5-10(20-9)12(16)19-3/h4-6,8H,1-3H3. The number of nitro groups is 1. The summed E-state index contributed by atoms with van der Waals surface area (Å²) in [6, 6.07) is 2.73. The van der Waals surface area contributed by atoms with Gasteiger partial charge in [0.15, 0.2) is 0 Å². The van der Waals surface area contributed by atoms with E-state index in [1.807, 2.05) is 0 Å². The predicted molar refractivity (Wildman–Crippen MR) is 67.5 cm³/mol. The zero-order chi connectivity index (χ0) is 14.9. The molecule has 2 aromatic heterocycles. The Kier molecular flexibility index (Phi) is 3.55. The van der Waals surface area contributed by atoms with Crippen molar-refractivity contribution in [2.75, 3.05) is 7.11 Å². The zero-order valence-electron chi connectivity index (χ0n) is 11.2. The molecule has 0 aliphatic carbocycles. The first kappa shape index (κ1) is 13.8. The molecule has 0 spiro atoms. The van der Waals surface area contributed by atoms with E-state index in [9.17, 15) is 14.9 Å². The second-order valence-corrected chi connectivity index (χ2v) is 4.24. The number of aromatic nitrogens is 2. The molecular formula is C12H13N3O5. The molecule has 0 bridgehead atoms. The number of ether oxygens (including phenoxy) is 1. The van der Waals surface area contributed by atoms with Crippen LogP contribution in [0.4, 0.5) is 5.82 Å². The van der Waals surface area contributed by atoms with Crippen molar-refractivity contribution in [1.29, 1.82) is 0 Å². The van der Waals surface area contributed by atoms with Gasteiger partial charge in [0.05, 0.1) is 24.0 Å². The minimum Gasteiger partial charge on any atom is -0.463 e. The molecule has 8 heteroatoms. The summed E-state index contributed by atoms with van der Waals surface area (Å²) in [5.74, 6) is -0.238. The molecule has 0 aliphatic heterocycles. The Morgan fingerprint density at radius 3 is 2.80 bits per heavy atom. The van der Waals surface area contributed by atoms with Crippen LogP contribution in [-0.2, 0) is 4.74 Å². The lowest BCUT2D eigenvalue weighted by Gasteiger charge is -2.04. The largest absolute Gasteiger partial charge is 0.463 e. The van der Waals surface area contributed by atoms with Crippen molar-refractivity contribution in [2.45, 2.75) is 19.9 Å². The van der Waals surface area contributed by atoms with Gasteiger partial charge in [-0.1, -0.05) is 0 Å². The molecule has 20 heavy (non-hydrogen) atoms. The van der Waals surface area contributed by atoms with Crippen molar-refractivity contribution in [3.05, 3.63) is 45.5 Å². The summed E-state index contributed by atoms with van der Waals surface area (Å²) < 4.78 is 11.3. The fourth-order valence-electron chi connectivity index (χ4n) is 1.77. The van der Waals surface area contributed by atoms with Crippen LogP contribution in [0.5, 0.6) is 0 Å². The molecule has 0 amide bonds. The average Bonchev–Trinajstić information content (AvgIpc) is 3.03. The van der Waals surface area contributed by atoms with Crippen LogP contribution in [0.2, 0.25) is 0 Å². The first-order valence-electron chi connectivity index (χ1n) is 5.82. The van der Waals surface area contributed by atoms with Gasteiger partial charge >= 0.3 is 11.8 Å². The summed E-state index contributed by atoms with van der Waals surface area (Å²) in [4.78, 5) is 21.5. The van der Waals surface area contributed by atoms with E-state index in [4.69, 9.17) is 4.42 Å². The summed E-state index contributed by atoms with van der Waals surface area (Å²) in [6.45, 7) is 3.37. The minimum atomic E-state index is -0.578. The van der Waals surface area contributed by atoms with E-state index in [1.54, 1.807) is 26.1 Å². The average molecular weight is 279 g/mol. The Hall–Kier alpha value is -2.64. The van der Waals surface area contributed by atoms with Crippen LogP contribution in [0.25, 0.3) is 0 Å². The number of nitrogens with zero attached hydrogens (tertiary/aromatic N) is 3. The highest BCUT2D eigenvalue weighted by atomic mass is 16.6. The molecule has 0 saturated carbocycles. The highest BCUT2D eigenvalue weighted by Gasteiger charge is 2.23. The third-order valence-corrected chi connectivity index (χ3v) is 2.88. The van der Waals surface area contributed by atoms with Crippen LogP contribution in [0.1, 0.15) is 34.8 Å². The van der Waals surface area contributed by atoms with Gasteiger partial charge in [0.2, 0.25) is 5.76 Å². The number of methoxy groups -OCH3 is 1. The highest BCUT2D eigenvalue weighted by molar-refractivity contribution is 5.86. The van der Waals surface area contributed by atoms with E-state index in [0.29, 0.717) is 11.3 Å². The van der Waals surface area contributed by atoms with E-state index in [2.05, 4.69) is 9.84 Å². The minimum absolute atomic E-state index is 0.0766. The highest BCUT2D eigenvalue weighted by Crippen LogP contribution is 2.23. The van der Waals surface area contributed by atoms with Crippen molar-refractivity contribution >= 4 is 11.8 Å². The van der Waals surface area contributed by atoms with Crippen molar-refractivity contribution in [1.82, 2.24) is 9.78 Å². The van der Waals surface area contributed by atoms with Crippen LogP contribution in [-0.4, -0.2) is 27.8 Å². The second-order valence-electron chi connectivity index (χ2n) is 4.24. The SMILES string of the molecule is COC(=O)c1ccc(C(C)n2cc(C)c([N+](=O)[O-])n2)o1. The van der Waals surface area contributed by atoms with E-state index in [-0.39, 0.29) is 17.6 Å². The number of carbonyl (C=O) groups is 1. The van der Waals surface area contributed by atoms with Crippen LogP contribution >= 0.6 is 0 Å². The Balaban J connectivity index is 2.29. The summed E-state index contributed by atoms with van der Waals surface area (Å²) in [5, 5.41) is 14.7. The molecule has 0 aliphatic rings. The van der Waals surface area contributed by atoms with Crippen LogP contribution in [0.15, 0.2) is 22.7 Å². The zero-order valence-corrected chi connectivity index (χ0v) is 11.2. The summed E-state index contributed by atoms with van der Waals surface area (Å²) in [6.07, 6.45) is 1.56. The molecule has 1 unspecified atom stereocenters. The van der Waals surface area contributed by atoms with E-state index in [1.165, 1.54) is 17.9 Å². The summed E-state index contributed by atoms with van der Waals surface area (Å²) in [5.41, 5.74) is 0.460. The maximum atomic E-state index is 11.3. The molecule has 0 aromatic carbocycles. The lowest BCUT2D eigenvalue weighted by Crippen LogP contribution is -2.07. The molecule has 2 heterocycles. The molecule has 0 N–H and O–H groups in total. The van der Waals surface area contributed by atoms with Crippen molar-refractivity contribution in [3.8, 4) is 0 Å². The predicted octanol–water partition coefficient (Wildman–Crippen LogP) is 2.09. The Labute approximate surface area is 114 Å². The fraction of sp³-hybridized carbons (Fsp3) is 0.333. The number of aryl methyl sites for hydroxylation is 1. The Morgan fingerprint density at radius 1 is 1.55 bits per heavy atom. The van der Waals surface area contributed by atoms with Gasteiger partial charge in [-0.2, -0.15) is 4.68 Å². The van der Waals surface area contributed by atoms with Crippen molar-refractivity contribution in [3.63, 3.8) is 0 Å². The topological polar surface area (TPSA) is 100 Å². The smallest absolute Gasteiger partial charge is 0.392 e. The number of carbonyl (C=O) groups excluding carboxylic acids is 1. The maximum Gasteiger partial charge on any atom is 0.392 e. The first-order chi connectivity index (χ1) is 9.43. The van der Waals surface area contributed by atoms with Gasteiger partial charge in [0.1, 0.15) is 11.8 Å². The van der Waals surface area contributed by atoms with Gasteiger partial charge in [0, 0.05) is 0 Å². The first-order valence-corrected chi connectivity index (χ1v) is 5.82. The van der Waals surface area contributed by atoms with Gasteiger partial charge < -0.3 is 19.3 Å². The van der Waals surface area contributed by atoms with E-state index >= 15 is 0 Å². The lowest BCUT2D eigenvalue weighted by molar-refractivity contribution is -0.390. The molecule has 8 nitrogen and oxygen atoms in total.